The zero-order chi connectivity index (χ0) is 14.8. The Morgan fingerprint density at radius 2 is 2.10 bits per heavy atom. The zero-order valence-electron chi connectivity index (χ0n) is 10.7. The molecule has 8 nitrogen and oxygen atoms in total. The van der Waals surface area contributed by atoms with E-state index in [1.165, 1.54) is 6.07 Å². The minimum absolute atomic E-state index is 0.00174. The first-order valence-electron chi connectivity index (χ1n) is 6.19. The minimum Gasteiger partial charge on any atom is -0.323 e. The lowest BCUT2D eigenvalue weighted by atomic mass is 10.3. The third kappa shape index (κ3) is 3.44. The molecule has 0 amide bonds. The van der Waals surface area contributed by atoms with Crippen LogP contribution in [-0.2, 0) is 10.0 Å². The molecule has 0 saturated heterocycles. The largest absolute Gasteiger partial charge is 0.323 e. The van der Waals surface area contributed by atoms with Gasteiger partial charge < -0.3 is 5.43 Å². The molecular weight excluding hydrogens is 284 g/mol. The summed E-state index contributed by atoms with van der Waals surface area (Å²) in [6.07, 6.45) is 3.10. The predicted molar refractivity (Wildman–Crippen MR) is 73.4 cm³/mol. The van der Waals surface area contributed by atoms with Gasteiger partial charge in [-0.2, -0.15) is 0 Å². The number of rotatable bonds is 7. The number of nitrogen functional groups attached to an aromatic ring is 1. The molecule has 2 rings (SSSR count). The Morgan fingerprint density at radius 1 is 1.40 bits per heavy atom. The van der Waals surface area contributed by atoms with Crippen molar-refractivity contribution in [2.75, 3.05) is 12.0 Å². The van der Waals surface area contributed by atoms with Gasteiger partial charge in [-0.05, 0) is 18.4 Å². The summed E-state index contributed by atoms with van der Waals surface area (Å²) < 4.78 is 26.7. The van der Waals surface area contributed by atoms with Crippen molar-refractivity contribution in [3.63, 3.8) is 0 Å². The van der Waals surface area contributed by atoms with Crippen LogP contribution in [0.25, 0.3) is 0 Å². The van der Waals surface area contributed by atoms with E-state index in [4.69, 9.17) is 5.84 Å². The highest BCUT2D eigenvalue weighted by Crippen LogP contribution is 2.32. The number of nitro groups is 1. The van der Waals surface area contributed by atoms with Gasteiger partial charge in [-0.25, -0.2) is 13.1 Å². The van der Waals surface area contributed by atoms with E-state index >= 15 is 0 Å². The molecule has 0 spiro atoms. The third-order valence-corrected chi connectivity index (χ3v) is 4.68. The van der Waals surface area contributed by atoms with Crippen LogP contribution < -0.4 is 16.0 Å². The maximum Gasteiger partial charge on any atom is 0.271 e. The van der Waals surface area contributed by atoms with E-state index < -0.39 is 14.9 Å². The first kappa shape index (κ1) is 14.7. The normalized spacial score (nSPS) is 15.1. The van der Waals surface area contributed by atoms with Crippen LogP contribution in [0.4, 0.5) is 11.4 Å². The molecule has 1 saturated carbocycles. The molecule has 0 bridgehead atoms. The van der Waals surface area contributed by atoms with Gasteiger partial charge in [0.15, 0.2) is 0 Å². The van der Waals surface area contributed by atoms with E-state index in [1.54, 1.807) is 0 Å². The Kier molecular flexibility index (Phi) is 4.21. The Balaban J connectivity index is 2.18. The smallest absolute Gasteiger partial charge is 0.271 e. The van der Waals surface area contributed by atoms with Crippen LogP contribution in [0.5, 0.6) is 0 Å². The Bertz CT molecular complexity index is 613. The molecule has 1 fully saturated rings. The molecule has 0 aromatic heterocycles. The van der Waals surface area contributed by atoms with Crippen LogP contribution >= 0.6 is 0 Å². The van der Waals surface area contributed by atoms with Gasteiger partial charge in [0, 0.05) is 18.7 Å². The number of sulfonamides is 1. The summed E-state index contributed by atoms with van der Waals surface area (Å²) in [6, 6.07) is 3.40. The van der Waals surface area contributed by atoms with E-state index in [0.29, 0.717) is 12.5 Å². The van der Waals surface area contributed by atoms with Crippen molar-refractivity contribution >= 4 is 21.4 Å². The van der Waals surface area contributed by atoms with Gasteiger partial charge in [0.1, 0.15) is 4.90 Å². The van der Waals surface area contributed by atoms with Crippen molar-refractivity contribution in [1.29, 1.82) is 0 Å². The summed E-state index contributed by atoms with van der Waals surface area (Å²) >= 11 is 0. The van der Waals surface area contributed by atoms with Gasteiger partial charge in [0.2, 0.25) is 10.0 Å². The van der Waals surface area contributed by atoms with Crippen molar-refractivity contribution in [3.8, 4) is 0 Å². The van der Waals surface area contributed by atoms with E-state index in [0.717, 1.165) is 31.4 Å². The van der Waals surface area contributed by atoms with Gasteiger partial charge in [0.25, 0.3) is 5.69 Å². The Hall–Kier alpha value is -1.71. The molecule has 1 aliphatic carbocycles. The monoisotopic (exact) mass is 300 g/mol. The van der Waals surface area contributed by atoms with Crippen LogP contribution in [0.1, 0.15) is 19.3 Å². The minimum atomic E-state index is -3.73. The van der Waals surface area contributed by atoms with Gasteiger partial charge in [-0.3, -0.25) is 16.0 Å². The van der Waals surface area contributed by atoms with E-state index in [1.807, 2.05) is 0 Å². The average Bonchev–Trinajstić information content (AvgIpc) is 3.21. The van der Waals surface area contributed by atoms with E-state index in [2.05, 4.69) is 10.1 Å². The molecule has 0 atom stereocenters. The number of hydrazine groups is 1. The van der Waals surface area contributed by atoms with Gasteiger partial charge in [-0.15, -0.1) is 0 Å². The first-order chi connectivity index (χ1) is 9.44. The van der Waals surface area contributed by atoms with Crippen molar-refractivity contribution < 1.29 is 13.3 Å². The predicted octanol–water partition coefficient (Wildman–Crippen LogP) is 0.959. The number of nitro benzene ring substituents is 1. The fourth-order valence-corrected chi connectivity index (χ4v) is 3.06. The topological polar surface area (TPSA) is 127 Å². The molecule has 110 valence electrons. The summed E-state index contributed by atoms with van der Waals surface area (Å²) in [4.78, 5) is 9.95. The number of hydrogen-bond donors (Lipinski definition) is 3. The number of nitrogens with zero attached hydrogens (tertiary/aromatic N) is 1. The first-order valence-corrected chi connectivity index (χ1v) is 7.67. The number of nitrogens with one attached hydrogen (secondary N) is 2. The number of hydrogen-bond acceptors (Lipinski definition) is 6. The third-order valence-electron chi connectivity index (χ3n) is 3.16. The summed E-state index contributed by atoms with van der Waals surface area (Å²) in [5, 5.41) is 10.7. The Labute approximate surface area is 116 Å². The summed E-state index contributed by atoms with van der Waals surface area (Å²) in [5.74, 6) is 5.85. The van der Waals surface area contributed by atoms with Crippen LogP contribution in [0, 0.1) is 16.0 Å². The lowest BCUT2D eigenvalue weighted by molar-refractivity contribution is -0.384. The summed E-state index contributed by atoms with van der Waals surface area (Å²) in [7, 11) is -3.73. The number of non-ortho nitro benzene ring substituents is 1. The Morgan fingerprint density at radius 3 is 2.65 bits per heavy atom. The number of benzene rings is 1. The molecule has 0 heterocycles. The highest BCUT2D eigenvalue weighted by molar-refractivity contribution is 7.89. The van der Waals surface area contributed by atoms with Crippen molar-refractivity contribution in [3.05, 3.63) is 28.3 Å². The number of anilines is 1. The van der Waals surface area contributed by atoms with Crippen LogP contribution in [-0.4, -0.2) is 19.9 Å². The molecule has 1 aromatic carbocycles. The molecule has 0 aliphatic heterocycles. The number of nitrogens with two attached hydrogens (primary N) is 1. The zero-order valence-corrected chi connectivity index (χ0v) is 11.5. The van der Waals surface area contributed by atoms with Gasteiger partial charge >= 0.3 is 0 Å². The van der Waals surface area contributed by atoms with Crippen LogP contribution in [0.2, 0.25) is 0 Å². The molecule has 0 radical (unpaired) electrons. The average molecular weight is 300 g/mol. The molecule has 0 unspecified atom stereocenters. The molecular formula is C11H16N4O4S. The second-order valence-electron chi connectivity index (χ2n) is 4.71. The summed E-state index contributed by atoms with van der Waals surface area (Å²) in [5.41, 5.74) is 1.96. The highest BCUT2D eigenvalue weighted by Gasteiger charge is 2.24. The van der Waals surface area contributed by atoms with E-state index in [9.17, 15) is 18.5 Å². The van der Waals surface area contributed by atoms with Crippen LogP contribution in [0.3, 0.4) is 0 Å². The fraction of sp³-hybridized carbons (Fsp3) is 0.455. The summed E-state index contributed by atoms with van der Waals surface area (Å²) in [6.45, 7) is 0.355. The van der Waals surface area contributed by atoms with Crippen LogP contribution in [0.15, 0.2) is 23.1 Å². The van der Waals surface area contributed by atoms with Crippen molar-refractivity contribution in [2.45, 2.75) is 24.2 Å². The van der Waals surface area contributed by atoms with Crippen molar-refractivity contribution in [1.82, 2.24) is 4.72 Å². The highest BCUT2D eigenvalue weighted by atomic mass is 32.2. The maximum atomic E-state index is 12.1. The molecule has 1 aromatic rings. The molecule has 9 heteroatoms. The standard InChI is InChI=1S/C11H16N4O4S/c12-14-10-7-9(15(16)17)3-4-11(10)20(18,19)13-6-5-8-1-2-8/h3-4,7-8,13-14H,1-2,5-6,12H2. The van der Waals surface area contributed by atoms with Gasteiger partial charge in [0.05, 0.1) is 10.6 Å². The van der Waals surface area contributed by atoms with Gasteiger partial charge in [-0.1, -0.05) is 12.8 Å². The second kappa shape index (κ2) is 5.73. The lowest BCUT2D eigenvalue weighted by Crippen LogP contribution is -2.26. The lowest BCUT2D eigenvalue weighted by Gasteiger charge is -2.10. The second-order valence-corrected chi connectivity index (χ2v) is 6.45. The maximum absolute atomic E-state index is 12.1. The molecule has 20 heavy (non-hydrogen) atoms. The molecule has 4 N–H and O–H groups in total. The molecule has 1 aliphatic rings. The van der Waals surface area contributed by atoms with E-state index in [-0.39, 0.29) is 16.3 Å². The quantitative estimate of drug-likeness (QED) is 0.391. The van der Waals surface area contributed by atoms with Crippen molar-refractivity contribution in [2.24, 2.45) is 11.8 Å². The fourth-order valence-electron chi connectivity index (χ4n) is 1.86. The SMILES string of the molecule is NNc1cc([N+](=O)[O-])ccc1S(=O)(=O)NCCC1CC1.